The maximum atomic E-state index is 11.4. The number of carboxylic acids is 1. The summed E-state index contributed by atoms with van der Waals surface area (Å²) >= 11 is 1.09. The van der Waals surface area contributed by atoms with Crippen molar-refractivity contribution >= 4 is 28.8 Å². The Kier molecular flexibility index (Phi) is 1.81. The van der Waals surface area contributed by atoms with Crippen molar-refractivity contribution in [1.29, 1.82) is 0 Å². The van der Waals surface area contributed by atoms with Crippen LogP contribution in [0.5, 0.6) is 0 Å². The van der Waals surface area contributed by atoms with E-state index < -0.39 is 5.97 Å². The number of thiophene rings is 1. The number of ketones is 1. The van der Waals surface area contributed by atoms with Crippen LogP contribution in [0.25, 0.3) is 0 Å². The van der Waals surface area contributed by atoms with E-state index in [0.717, 1.165) is 11.3 Å². The van der Waals surface area contributed by atoms with E-state index in [4.69, 9.17) is 5.11 Å². The molecule has 0 aliphatic carbocycles. The largest absolute Gasteiger partial charge is 0.477 e. The lowest BCUT2D eigenvalue weighted by Gasteiger charge is -2.12. The molecule has 2 rings (SSSR count). The van der Waals surface area contributed by atoms with E-state index in [1.165, 1.54) is 0 Å². The van der Waals surface area contributed by atoms with Crippen LogP contribution in [0.15, 0.2) is 5.38 Å². The predicted molar refractivity (Wildman–Crippen MR) is 48.7 cm³/mol. The van der Waals surface area contributed by atoms with Gasteiger partial charge in [0.1, 0.15) is 4.88 Å². The van der Waals surface area contributed by atoms with Crippen LogP contribution in [0, 0.1) is 0 Å². The number of nitrogens with one attached hydrogen (secondary N) is 1. The monoisotopic (exact) mass is 197 g/mol. The fraction of sp³-hybridized carbons (Fsp3) is 0.250. The van der Waals surface area contributed by atoms with Gasteiger partial charge in [-0.15, -0.1) is 11.3 Å². The zero-order chi connectivity index (χ0) is 9.42. The van der Waals surface area contributed by atoms with Crippen LogP contribution in [0.2, 0.25) is 0 Å². The maximum absolute atomic E-state index is 11.4. The Balaban J connectivity index is 2.56. The molecule has 5 heteroatoms. The third-order valence-electron chi connectivity index (χ3n) is 1.93. The van der Waals surface area contributed by atoms with E-state index in [2.05, 4.69) is 5.32 Å². The normalized spacial score (nSPS) is 14.9. The second-order valence-electron chi connectivity index (χ2n) is 2.76. The van der Waals surface area contributed by atoms with Gasteiger partial charge in [-0.3, -0.25) is 4.79 Å². The minimum Gasteiger partial charge on any atom is -0.477 e. The Morgan fingerprint density at radius 2 is 2.38 bits per heavy atom. The van der Waals surface area contributed by atoms with Crippen LogP contribution in [0.4, 0.5) is 5.69 Å². The summed E-state index contributed by atoms with van der Waals surface area (Å²) in [6.45, 7) is 0.599. The van der Waals surface area contributed by atoms with Crippen molar-refractivity contribution in [2.24, 2.45) is 0 Å². The first-order valence-corrected chi connectivity index (χ1v) is 4.70. The molecule has 1 aromatic rings. The lowest BCUT2D eigenvalue weighted by atomic mass is 10.0. The predicted octanol–water partition coefficient (Wildman–Crippen LogP) is 1.44. The maximum Gasteiger partial charge on any atom is 0.346 e. The highest BCUT2D eigenvalue weighted by Gasteiger charge is 2.25. The van der Waals surface area contributed by atoms with Gasteiger partial charge in [0.05, 0.1) is 11.3 Å². The van der Waals surface area contributed by atoms with Crippen molar-refractivity contribution in [2.45, 2.75) is 6.42 Å². The molecule has 13 heavy (non-hydrogen) atoms. The van der Waals surface area contributed by atoms with Crippen molar-refractivity contribution in [2.75, 3.05) is 11.9 Å². The number of aromatic carboxylic acids is 1. The van der Waals surface area contributed by atoms with Gasteiger partial charge in [0.15, 0.2) is 5.78 Å². The molecule has 2 heterocycles. The number of Topliss-reactive ketones (excluding diaryl/α,β-unsaturated/α-hetero) is 1. The van der Waals surface area contributed by atoms with Crippen LogP contribution in [0.1, 0.15) is 26.5 Å². The summed E-state index contributed by atoms with van der Waals surface area (Å²) in [5.74, 6) is -1.10. The fourth-order valence-corrected chi connectivity index (χ4v) is 2.24. The molecule has 0 radical (unpaired) electrons. The van der Waals surface area contributed by atoms with Crippen LogP contribution < -0.4 is 5.32 Å². The summed E-state index contributed by atoms with van der Waals surface area (Å²) in [4.78, 5) is 22.2. The first kappa shape index (κ1) is 8.25. The van der Waals surface area contributed by atoms with Crippen LogP contribution in [0.3, 0.4) is 0 Å². The lowest BCUT2D eigenvalue weighted by molar-refractivity contribution is 0.0697. The smallest absolute Gasteiger partial charge is 0.346 e. The Hall–Kier alpha value is -1.36. The van der Waals surface area contributed by atoms with E-state index in [1.54, 1.807) is 5.38 Å². The van der Waals surface area contributed by atoms with E-state index in [-0.39, 0.29) is 10.7 Å². The Bertz CT molecular complexity index is 383. The number of hydrogen-bond acceptors (Lipinski definition) is 4. The number of fused-ring (bicyclic) bond motifs is 1. The van der Waals surface area contributed by atoms with Gasteiger partial charge in [-0.05, 0) is 0 Å². The fourth-order valence-electron chi connectivity index (χ4n) is 1.36. The third kappa shape index (κ3) is 1.21. The number of carbonyl (C=O) groups is 2. The average Bonchev–Trinajstić information content (AvgIpc) is 2.49. The Morgan fingerprint density at radius 1 is 1.62 bits per heavy atom. The molecule has 0 bridgehead atoms. The number of rotatable bonds is 1. The summed E-state index contributed by atoms with van der Waals surface area (Å²) in [6.07, 6.45) is 0.379. The molecule has 0 fully saturated rings. The minimum absolute atomic E-state index is 0.0765. The van der Waals surface area contributed by atoms with Crippen LogP contribution >= 0.6 is 11.3 Å². The van der Waals surface area contributed by atoms with Gasteiger partial charge in [0.2, 0.25) is 0 Å². The van der Waals surface area contributed by atoms with Crippen LogP contribution in [-0.2, 0) is 0 Å². The molecule has 0 amide bonds. The van der Waals surface area contributed by atoms with Gasteiger partial charge in [-0.1, -0.05) is 0 Å². The standard InChI is InChI=1S/C8H7NO3S/c10-5-1-2-9-4-3-13-7(6(4)5)8(11)12/h3,9H,1-2H2,(H,11,12). The zero-order valence-corrected chi connectivity index (χ0v) is 7.48. The van der Waals surface area contributed by atoms with Crippen molar-refractivity contribution in [3.05, 3.63) is 15.8 Å². The topological polar surface area (TPSA) is 66.4 Å². The summed E-state index contributed by atoms with van der Waals surface area (Å²) in [6, 6.07) is 0. The molecule has 0 spiro atoms. The molecular formula is C8H7NO3S. The molecule has 0 saturated carbocycles. The first-order chi connectivity index (χ1) is 6.20. The van der Waals surface area contributed by atoms with Gasteiger partial charge in [-0.2, -0.15) is 0 Å². The first-order valence-electron chi connectivity index (χ1n) is 3.82. The summed E-state index contributed by atoms with van der Waals surface area (Å²) < 4.78 is 0. The minimum atomic E-state index is -1.02. The SMILES string of the molecule is O=C(O)c1scc2c1C(=O)CCN2. The Labute approximate surface area is 78.2 Å². The molecule has 0 unspecified atom stereocenters. The molecule has 1 aliphatic heterocycles. The molecule has 1 aromatic heterocycles. The van der Waals surface area contributed by atoms with E-state index >= 15 is 0 Å². The van der Waals surface area contributed by atoms with Crippen molar-refractivity contribution in [1.82, 2.24) is 0 Å². The van der Waals surface area contributed by atoms with Crippen molar-refractivity contribution in [3.63, 3.8) is 0 Å². The van der Waals surface area contributed by atoms with Crippen LogP contribution in [-0.4, -0.2) is 23.4 Å². The second kappa shape index (κ2) is 2.85. The lowest BCUT2D eigenvalue weighted by Crippen LogP contribution is -2.18. The number of anilines is 1. The number of carbonyl (C=O) groups excluding carboxylic acids is 1. The van der Waals surface area contributed by atoms with Gasteiger partial charge in [0, 0.05) is 18.3 Å². The van der Waals surface area contributed by atoms with Gasteiger partial charge in [-0.25, -0.2) is 4.79 Å². The molecular weight excluding hydrogens is 190 g/mol. The van der Waals surface area contributed by atoms with Gasteiger partial charge in [0.25, 0.3) is 0 Å². The van der Waals surface area contributed by atoms with Gasteiger partial charge >= 0.3 is 5.97 Å². The highest BCUT2D eigenvalue weighted by molar-refractivity contribution is 7.13. The molecule has 0 atom stereocenters. The van der Waals surface area contributed by atoms with Crippen molar-refractivity contribution in [3.8, 4) is 0 Å². The molecule has 4 nitrogen and oxygen atoms in total. The highest BCUT2D eigenvalue weighted by Crippen LogP contribution is 2.30. The number of carboxylic acid groups (broad SMARTS) is 1. The molecule has 0 saturated heterocycles. The molecule has 1 aliphatic rings. The summed E-state index contributed by atoms with van der Waals surface area (Å²) in [5.41, 5.74) is 1.02. The summed E-state index contributed by atoms with van der Waals surface area (Å²) in [5, 5.41) is 13.4. The van der Waals surface area contributed by atoms with Crippen molar-refractivity contribution < 1.29 is 14.7 Å². The zero-order valence-electron chi connectivity index (χ0n) is 6.66. The molecule has 0 aromatic carbocycles. The molecule has 68 valence electrons. The second-order valence-corrected chi connectivity index (χ2v) is 3.64. The van der Waals surface area contributed by atoms with E-state index in [9.17, 15) is 9.59 Å². The number of hydrogen-bond donors (Lipinski definition) is 2. The summed E-state index contributed by atoms with van der Waals surface area (Å²) in [7, 11) is 0. The Morgan fingerprint density at radius 3 is 3.08 bits per heavy atom. The molecule has 2 N–H and O–H groups in total. The third-order valence-corrected chi connectivity index (χ3v) is 2.90. The average molecular weight is 197 g/mol. The highest BCUT2D eigenvalue weighted by atomic mass is 32.1. The van der Waals surface area contributed by atoms with E-state index in [1.807, 2.05) is 0 Å². The van der Waals surface area contributed by atoms with E-state index in [0.29, 0.717) is 24.2 Å². The van der Waals surface area contributed by atoms with Gasteiger partial charge < -0.3 is 10.4 Å². The quantitative estimate of drug-likeness (QED) is 0.715.